The van der Waals surface area contributed by atoms with Gasteiger partial charge in [0.05, 0.1) is 25.2 Å². The van der Waals surface area contributed by atoms with Gasteiger partial charge in [0.1, 0.15) is 11.8 Å². The van der Waals surface area contributed by atoms with Crippen molar-refractivity contribution in [3.8, 4) is 5.75 Å². The average molecular weight is 474 g/mol. The Hall–Kier alpha value is -2.95. The number of carbonyl (C=O) groups excluding carboxylic acids is 2. The molecule has 2 aromatic rings. The average Bonchev–Trinajstić information content (AvgIpc) is 3.35. The molecule has 2 fully saturated rings. The number of ether oxygens (including phenoxy) is 2. The van der Waals surface area contributed by atoms with Crippen molar-refractivity contribution in [2.75, 3.05) is 45.3 Å². The number of sulfonamides is 1. The van der Waals surface area contributed by atoms with Crippen LogP contribution in [0, 0.1) is 0 Å². The highest BCUT2D eigenvalue weighted by Crippen LogP contribution is 2.25. The van der Waals surface area contributed by atoms with Crippen LogP contribution in [0.1, 0.15) is 23.2 Å². The number of benzene rings is 2. The Bertz CT molecular complexity index is 1110. The van der Waals surface area contributed by atoms with Crippen molar-refractivity contribution in [1.29, 1.82) is 0 Å². The predicted molar refractivity (Wildman–Crippen MR) is 122 cm³/mol. The normalized spacial score (nSPS) is 19.3. The van der Waals surface area contributed by atoms with E-state index in [4.69, 9.17) is 9.47 Å². The van der Waals surface area contributed by atoms with Gasteiger partial charge < -0.3 is 19.7 Å². The van der Waals surface area contributed by atoms with E-state index >= 15 is 0 Å². The van der Waals surface area contributed by atoms with E-state index in [2.05, 4.69) is 5.32 Å². The third-order valence-corrected chi connectivity index (χ3v) is 7.76. The Balaban J connectivity index is 1.49. The Kier molecular flexibility index (Phi) is 6.96. The summed E-state index contributed by atoms with van der Waals surface area (Å²) in [5.74, 6) is 0.0436. The quantitative estimate of drug-likeness (QED) is 0.688. The van der Waals surface area contributed by atoms with Crippen molar-refractivity contribution in [3.05, 3.63) is 54.1 Å². The summed E-state index contributed by atoms with van der Waals surface area (Å²) in [6.45, 7) is 1.67. The van der Waals surface area contributed by atoms with Crippen LogP contribution in [0.5, 0.6) is 5.75 Å². The van der Waals surface area contributed by atoms with Crippen LogP contribution in [0.3, 0.4) is 0 Å². The monoisotopic (exact) mass is 473 g/mol. The van der Waals surface area contributed by atoms with Gasteiger partial charge in [-0.3, -0.25) is 9.59 Å². The van der Waals surface area contributed by atoms with E-state index in [9.17, 15) is 18.0 Å². The van der Waals surface area contributed by atoms with Gasteiger partial charge in [0, 0.05) is 30.9 Å². The first-order valence-electron chi connectivity index (χ1n) is 10.8. The summed E-state index contributed by atoms with van der Waals surface area (Å²) < 4.78 is 37.7. The Morgan fingerprint density at radius 2 is 1.79 bits per heavy atom. The van der Waals surface area contributed by atoms with E-state index in [1.54, 1.807) is 43.5 Å². The second-order valence-electron chi connectivity index (χ2n) is 7.92. The van der Waals surface area contributed by atoms with Crippen molar-refractivity contribution < 1.29 is 27.5 Å². The molecule has 4 rings (SSSR count). The van der Waals surface area contributed by atoms with E-state index in [0.717, 1.165) is 0 Å². The number of nitrogens with one attached hydrogen (secondary N) is 1. The van der Waals surface area contributed by atoms with Gasteiger partial charge in [-0.15, -0.1) is 0 Å². The maximum absolute atomic E-state index is 13.3. The minimum Gasteiger partial charge on any atom is -0.497 e. The van der Waals surface area contributed by atoms with Crippen molar-refractivity contribution in [2.45, 2.75) is 23.8 Å². The number of hydrogen-bond acceptors (Lipinski definition) is 6. The molecule has 176 valence electrons. The SMILES string of the molecule is COc1ccc(NC(=O)C2CCCN2C(=O)c2cccc(S(=O)(=O)N3CCOCC3)c2)cc1. The van der Waals surface area contributed by atoms with Crippen molar-refractivity contribution in [2.24, 2.45) is 0 Å². The molecule has 2 aliphatic rings. The minimum atomic E-state index is -3.72. The molecular weight excluding hydrogens is 446 g/mol. The Labute approximate surface area is 193 Å². The second kappa shape index (κ2) is 9.90. The number of hydrogen-bond donors (Lipinski definition) is 1. The molecular formula is C23H27N3O6S. The molecule has 0 spiro atoms. The highest BCUT2D eigenvalue weighted by molar-refractivity contribution is 7.89. The molecule has 2 heterocycles. The molecule has 1 N–H and O–H groups in total. The number of morpholine rings is 1. The summed E-state index contributed by atoms with van der Waals surface area (Å²) in [5.41, 5.74) is 0.854. The summed E-state index contributed by atoms with van der Waals surface area (Å²) in [6.07, 6.45) is 1.23. The van der Waals surface area contributed by atoms with E-state index in [-0.39, 0.29) is 35.4 Å². The molecule has 2 aliphatic heterocycles. The molecule has 1 unspecified atom stereocenters. The number of amides is 2. The van der Waals surface area contributed by atoms with Gasteiger partial charge >= 0.3 is 0 Å². The first-order chi connectivity index (χ1) is 15.9. The number of likely N-dealkylation sites (tertiary alicyclic amines) is 1. The molecule has 2 saturated heterocycles. The smallest absolute Gasteiger partial charge is 0.254 e. The number of methoxy groups -OCH3 is 1. The highest BCUT2D eigenvalue weighted by atomic mass is 32.2. The van der Waals surface area contributed by atoms with Crippen LogP contribution in [0.4, 0.5) is 5.69 Å². The standard InChI is InChI=1S/C23H27N3O6S/c1-31-19-9-7-18(8-10-19)24-22(27)21-6-3-11-26(21)23(28)17-4-2-5-20(16-17)33(29,30)25-12-14-32-15-13-25/h2,4-5,7-10,16,21H,3,6,11-15H2,1H3,(H,24,27). The Morgan fingerprint density at radius 1 is 1.06 bits per heavy atom. The van der Waals surface area contributed by atoms with Gasteiger partial charge in [0.15, 0.2) is 0 Å². The zero-order valence-electron chi connectivity index (χ0n) is 18.4. The Morgan fingerprint density at radius 3 is 2.48 bits per heavy atom. The summed E-state index contributed by atoms with van der Waals surface area (Å²) in [7, 11) is -2.16. The maximum atomic E-state index is 13.3. The van der Waals surface area contributed by atoms with Crippen molar-refractivity contribution in [1.82, 2.24) is 9.21 Å². The van der Waals surface area contributed by atoms with Crippen LogP contribution in [0.25, 0.3) is 0 Å². The lowest BCUT2D eigenvalue weighted by Crippen LogP contribution is -2.43. The lowest BCUT2D eigenvalue weighted by molar-refractivity contribution is -0.119. The lowest BCUT2D eigenvalue weighted by atomic mass is 10.1. The highest BCUT2D eigenvalue weighted by Gasteiger charge is 2.35. The van der Waals surface area contributed by atoms with Gasteiger partial charge in [-0.1, -0.05) is 6.07 Å². The maximum Gasteiger partial charge on any atom is 0.254 e. The summed E-state index contributed by atoms with van der Waals surface area (Å²) in [4.78, 5) is 27.7. The van der Waals surface area contributed by atoms with Crippen LogP contribution >= 0.6 is 0 Å². The van der Waals surface area contributed by atoms with Gasteiger partial charge in [-0.25, -0.2) is 8.42 Å². The zero-order valence-corrected chi connectivity index (χ0v) is 19.2. The second-order valence-corrected chi connectivity index (χ2v) is 9.86. The molecule has 33 heavy (non-hydrogen) atoms. The fourth-order valence-electron chi connectivity index (χ4n) is 4.07. The van der Waals surface area contributed by atoms with Gasteiger partial charge in [-0.2, -0.15) is 4.31 Å². The first-order valence-corrected chi connectivity index (χ1v) is 12.3. The van der Waals surface area contributed by atoms with E-state index < -0.39 is 16.1 Å². The summed E-state index contributed by atoms with van der Waals surface area (Å²) in [5, 5.41) is 2.85. The van der Waals surface area contributed by atoms with Crippen molar-refractivity contribution in [3.63, 3.8) is 0 Å². The third kappa shape index (κ3) is 5.02. The lowest BCUT2D eigenvalue weighted by Gasteiger charge is -2.27. The molecule has 0 aromatic heterocycles. The van der Waals surface area contributed by atoms with Crippen LogP contribution in [-0.2, 0) is 19.6 Å². The van der Waals surface area contributed by atoms with E-state index in [1.807, 2.05) is 0 Å². The number of rotatable bonds is 6. The fourth-order valence-corrected chi connectivity index (χ4v) is 5.53. The molecule has 10 heteroatoms. The minimum absolute atomic E-state index is 0.0636. The number of nitrogens with zero attached hydrogens (tertiary/aromatic N) is 2. The van der Waals surface area contributed by atoms with Gasteiger partial charge in [0.25, 0.3) is 5.91 Å². The van der Waals surface area contributed by atoms with Gasteiger partial charge in [0.2, 0.25) is 15.9 Å². The number of carbonyl (C=O) groups is 2. The first kappa shape index (κ1) is 23.2. The molecule has 0 aliphatic carbocycles. The summed E-state index contributed by atoms with van der Waals surface area (Å²) in [6, 6.07) is 12.3. The molecule has 9 nitrogen and oxygen atoms in total. The fraction of sp³-hybridized carbons (Fsp3) is 0.391. The molecule has 0 bridgehead atoms. The zero-order chi connectivity index (χ0) is 23.4. The largest absolute Gasteiger partial charge is 0.497 e. The third-order valence-electron chi connectivity index (χ3n) is 5.86. The molecule has 0 saturated carbocycles. The molecule has 2 amide bonds. The van der Waals surface area contributed by atoms with Crippen molar-refractivity contribution >= 4 is 27.5 Å². The summed E-state index contributed by atoms with van der Waals surface area (Å²) >= 11 is 0. The molecule has 0 radical (unpaired) electrons. The molecule has 2 aromatic carbocycles. The topological polar surface area (TPSA) is 105 Å². The van der Waals surface area contributed by atoms with Crippen LogP contribution < -0.4 is 10.1 Å². The predicted octanol–water partition coefficient (Wildman–Crippen LogP) is 1.96. The van der Waals surface area contributed by atoms with Crippen LogP contribution in [-0.4, -0.2) is 75.4 Å². The van der Waals surface area contributed by atoms with E-state index in [1.165, 1.54) is 21.3 Å². The van der Waals surface area contributed by atoms with Crippen LogP contribution in [0.2, 0.25) is 0 Å². The van der Waals surface area contributed by atoms with Gasteiger partial charge in [-0.05, 0) is 55.3 Å². The number of anilines is 1. The molecule has 1 atom stereocenters. The van der Waals surface area contributed by atoms with Crippen LogP contribution in [0.15, 0.2) is 53.4 Å². The van der Waals surface area contributed by atoms with E-state index in [0.29, 0.717) is 44.0 Å².